The molecule has 6 nitrogen and oxygen atoms in total. The van der Waals surface area contributed by atoms with Gasteiger partial charge in [-0.15, -0.1) is 0 Å². The predicted molar refractivity (Wildman–Crippen MR) is 66.6 cm³/mol. The lowest BCUT2D eigenvalue weighted by molar-refractivity contribution is -0.138. The quantitative estimate of drug-likeness (QED) is 0.715. The van der Waals surface area contributed by atoms with Gasteiger partial charge in [0.05, 0.1) is 10.5 Å². The molecular formula is C11H13F3N2O4S. The number of alkyl halides is 3. The summed E-state index contributed by atoms with van der Waals surface area (Å²) in [5, 5.41) is 9.11. The maximum absolute atomic E-state index is 12.7. The average Bonchev–Trinajstić information content (AvgIpc) is 2.34. The van der Waals surface area contributed by atoms with Crippen LogP contribution in [0.4, 0.5) is 13.2 Å². The molecule has 0 saturated carbocycles. The van der Waals surface area contributed by atoms with E-state index in [1.54, 1.807) is 0 Å². The Hall–Kier alpha value is -1.65. The predicted octanol–water partition coefficient (Wildman–Crippen LogP) is 0.138. The summed E-state index contributed by atoms with van der Waals surface area (Å²) in [6.07, 6.45) is -6.46. The Kier molecular flexibility index (Phi) is 4.97. The molecule has 4 N–H and O–H groups in total. The summed E-state index contributed by atoms with van der Waals surface area (Å²) in [6, 6.07) is 2.70. The molecule has 0 aliphatic carbocycles. The maximum Gasteiger partial charge on any atom is 0.416 e. The second-order valence-electron chi connectivity index (χ2n) is 4.20. The summed E-state index contributed by atoms with van der Waals surface area (Å²) < 4.78 is 63.8. The molecule has 1 unspecified atom stereocenters. The van der Waals surface area contributed by atoms with Crippen LogP contribution in [0.15, 0.2) is 23.1 Å². The van der Waals surface area contributed by atoms with Crippen molar-refractivity contribution in [3.63, 3.8) is 0 Å². The Morgan fingerprint density at radius 2 is 2.00 bits per heavy atom. The van der Waals surface area contributed by atoms with Crippen molar-refractivity contribution < 1.29 is 31.5 Å². The first-order valence-electron chi connectivity index (χ1n) is 5.60. The summed E-state index contributed by atoms with van der Waals surface area (Å²) in [5.74, 6) is -1.15. The van der Waals surface area contributed by atoms with E-state index in [-0.39, 0.29) is 0 Å². The summed E-state index contributed by atoms with van der Waals surface area (Å²) in [5.41, 5.74) is 3.18. The highest BCUT2D eigenvalue weighted by molar-refractivity contribution is 7.89. The van der Waals surface area contributed by atoms with Crippen molar-refractivity contribution in [2.24, 2.45) is 5.73 Å². The lowest BCUT2D eigenvalue weighted by atomic mass is 10.1. The second-order valence-corrected chi connectivity index (χ2v) is 5.93. The van der Waals surface area contributed by atoms with Crippen LogP contribution in [0.5, 0.6) is 0 Å². The van der Waals surface area contributed by atoms with Gasteiger partial charge in [-0.25, -0.2) is 13.1 Å². The monoisotopic (exact) mass is 326 g/mol. The van der Waals surface area contributed by atoms with Crippen LogP contribution in [0.3, 0.4) is 0 Å². The minimum absolute atomic E-state index is 0.480. The van der Waals surface area contributed by atoms with Crippen LogP contribution in [0, 0.1) is 6.92 Å². The zero-order chi connectivity index (χ0) is 16.4. The van der Waals surface area contributed by atoms with E-state index in [0.29, 0.717) is 0 Å². The number of benzene rings is 1. The van der Waals surface area contributed by atoms with Gasteiger partial charge in [0, 0.05) is 6.54 Å². The fraction of sp³-hybridized carbons (Fsp3) is 0.364. The third-order valence-corrected chi connectivity index (χ3v) is 4.24. The number of carbonyl (C=O) groups excluding carboxylic acids is 1. The largest absolute Gasteiger partial charge is 0.416 e. The summed E-state index contributed by atoms with van der Waals surface area (Å²) >= 11 is 0. The van der Waals surface area contributed by atoms with Crippen LogP contribution in [-0.4, -0.2) is 32.1 Å². The third-order valence-electron chi connectivity index (χ3n) is 2.67. The molecule has 1 aromatic rings. The normalized spacial score (nSPS) is 14.0. The van der Waals surface area contributed by atoms with Crippen LogP contribution in [-0.2, 0) is 21.0 Å². The molecule has 1 amide bonds. The molecule has 0 bridgehead atoms. The van der Waals surface area contributed by atoms with Gasteiger partial charge < -0.3 is 10.8 Å². The smallest absolute Gasteiger partial charge is 0.382 e. The number of nitrogens with one attached hydrogen (secondary N) is 1. The number of aliphatic hydroxyl groups excluding tert-OH is 1. The molecule has 0 aromatic heterocycles. The number of hydrogen-bond donors (Lipinski definition) is 3. The van der Waals surface area contributed by atoms with Crippen LogP contribution >= 0.6 is 0 Å². The first-order chi connectivity index (χ1) is 9.47. The van der Waals surface area contributed by atoms with Gasteiger partial charge in [0.15, 0.2) is 0 Å². The molecular weight excluding hydrogens is 313 g/mol. The fourth-order valence-electron chi connectivity index (χ4n) is 1.58. The fourth-order valence-corrected chi connectivity index (χ4v) is 2.88. The van der Waals surface area contributed by atoms with Crippen LogP contribution in [0.2, 0.25) is 0 Å². The average molecular weight is 326 g/mol. The second kappa shape index (κ2) is 6.00. The van der Waals surface area contributed by atoms with Crippen molar-refractivity contribution in [2.75, 3.05) is 6.54 Å². The molecule has 1 rings (SSSR count). The number of aliphatic hydroxyl groups is 1. The standard InChI is InChI=1S/C11H13F3N2O4S/c1-6-7(11(12,13)14)3-2-4-9(6)21(19,20)16-5-8(17)10(15)18/h2-4,8,16-17H,5H2,1H3,(H2,15,18). The van der Waals surface area contributed by atoms with Crippen molar-refractivity contribution in [2.45, 2.75) is 24.1 Å². The van der Waals surface area contributed by atoms with Gasteiger partial charge in [0.2, 0.25) is 15.9 Å². The van der Waals surface area contributed by atoms with E-state index in [1.165, 1.54) is 0 Å². The number of halogens is 3. The van der Waals surface area contributed by atoms with Crippen LogP contribution < -0.4 is 10.5 Å². The van der Waals surface area contributed by atoms with Gasteiger partial charge in [0.25, 0.3) is 0 Å². The first-order valence-corrected chi connectivity index (χ1v) is 7.09. The highest BCUT2D eigenvalue weighted by Crippen LogP contribution is 2.34. The van der Waals surface area contributed by atoms with Gasteiger partial charge in [-0.1, -0.05) is 6.07 Å². The summed E-state index contributed by atoms with van der Waals surface area (Å²) in [4.78, 5) is 10.0. The molecule has 0 aliphatic heterocycles. The van der Waals surface area contributed by atoms with E-state index in [4.69, 9.17) is 10.8 Å². The molecule has 21 heavy (non-hydrogen) atoms. The van der Waals surface area contributed by atoms with Gasteiger partial charge >= 0.3 is 6.18 Å². The Balaban J connectivity index is 3.13. The van der Waals surface area contributed by atoms with Gasteiger partial charge in [-0.3, -0.25) is 4.79 Å². The molecule has 0 saturated heterocycles. The van der Waals surface area contributed by atoms with E-state index in [1.807, 2.05) is 4.72 Å². The van der Waals surface area contributed by atoms with Crippen molar-refractivity contribution >= 4 is 15.9 Å². The highest BCUT2D eigenvalue weighted by Gasteiger charge is 2.34. The number of amides is 1. The van der Waals surface area contributed by atoms with E-state index < -0.39 is 50.8 Å². The molecule has 0 spiro atoms. The van der Waals surface area contributed by atoms with Crippen molar-refractivity contribution in [1.29, 1.82) is 0 Å². The molecule has 1 aromatic carbocycles. The van der Waals surface area contributed by atoms with Crippen molar-refractivity contribution in [3.8, 4) is 0 Å². The Labute approximate surface area is 118 Å². The number of carbonyl (C=O) groups is 1. The number of primary amides is 1. The minimum Gasteiger partial charge on any atom is -0.382 e. The van der Waals surface area contributed by atoms with E-state index in [2.05, 4.69) is 0 Å². The van der Waals surface area contributed by atoms with Gasteiger partial charge in [-0.2, -0.15) is 13.2 Å². The molecule has 1 atom stereocenters. The molecule has 0 radical (unpaired) electrons. The van der Waals surface area contributed by atoms with E-state index in [9.17, 15) is 26.4 Å². The number of hydrogen-bond acceptors (Lipinski definition) is 4. The molecule has 0 fully saturated rings. The van der Waals surface area contributed by atoms with E-state index >= 15 is 0 Å². The first kappa shape index (κ1) is 17.4. The van der Waals surface area contributed by atoms with Gasteiger partial charge in [0.1, 0.15) is 6.10 Å². The minimum atomic E-state index is -4.69. The zero-order valence-corrected chi connectivity index (χ0v) is 11.6. The zero-order valence-electron chi connectivity index (χ0n) is 10.8. The SMILES string of the molecule is Cc1c(C(F)(F)F)cccc1S(=O)(=O)NCC(O)C(N)=O. The number of nitrogens with two attached hydrogens (primary N) is 1. The van der Waals surface area contributed by atoms with Crippen molar-refractivity contribution in [1.82, 2.24) is 4.72 Å². The van der Waals surface area contributed by atoms with Crippen molar-refractivity contribution in [3.05, 3.63) is 29.3 Å². The summed E-state index contributed by atoms with van der Waals surface area (Å²) in [7, 11) is -4.32. The Morgan fingerprint density at radius 3 is 2.48 bits per heavy atom. The number of sulfonamides is 1. The van der Waals surface area contributed by atoms with Crippen LogP contribution in [0.25, 0.3) is 0 Å². The topological polar surface area (TPSA) is 109 Å². The van der Waals surface area contributed by atoms with Gasteiger partial charge in [-0.05, 0) is 24.6 Å². The highest BCUT2D eigenvalue weighted by atomic mass is 32.2. The Morgan fingerprint density at radius 1 is 1.43 bits per heavy atom. The van der Waals surface area contributed by atoms with Crippen LogP contribution in [0.1, 0.15) is 11.1 Å². The van der Waals surface area contributed by atoms with E-state index in [0.717, 1.165) is 25.1 Å². The summed E-state index contributed by atoms with van der Waals surface area (Å²) in [6.45, 7) is 0.287. The lowest BCUT2D eigenvalue weighted by Crippen LogP contribution is -2.40. The maximum atomic E-state index is 12.7. The third kappa shape index (κ3) is 4.16. The molecule has 118 valence electrons. The molecule has 0 aliphatic rings. The Bertz CT molecular complexity index is 643. The lowest BCUT2D eigenvalue weighted by Gasteiger charge is -2.15. The number of rotatable bonds is 5. The molecule has 0 heterocycles. The molecule has 10 heteroatoms.